The van der Waals surface area contributed by atoms with Gasteiger partial charge in [-0.15, -0.1) is 12.1 Å². The van der Waals surface area contributed by atoms with Gasteiger partial charge in [0.15, 0.2) is 0 Å². The van der Waals surface area contributed by atoms with Crippen molar-refractivity contribution in [3.63, 3.8) is 0 Å². The van der Waals surface area contributed by atoms with Crippen LogP contribution in [0.3, 0.4) is 0 Å². The van der Waals surface area contributed by atoms with Crippen LogP contribution in [0.1, 0.15) is 13.8 Å². The number of halogens is 3. The number of allylic oxidation sites excluding steroid dienone is 1. The SMILES string of the molecule is CC(C)/C=C/[B-](F)(F)F. The van der Waals surface area contributed by atoms with Gasteiger partial charge in [-0.1, -0.05) is 13.8 Å². The maximum absolute atomic E-state index is 11.4. The highest BCUT2D eigenvalue weighted by Gasteiger charge is 2.16. The van der Waals surface area contributed by atoms with E-state index >= 15 is 0 Å². The molecule has 4 heteroatoms. The molecule has 0 amide bonds. The van der Waals surface area contributed by atoms with E-state index in [1.807, 2.05) is 0 Å². The molecule has 0 N–H and O–H groups in total. The molecule has 0 aromatic carbocycles. The third-order valence-electron chi connectivity index (χ3n) is 0.714. The van der Waals surface area contributed by atoms with Gasteiger partial charge >= 0.3 is 6.98 Å². The fourth-order valence-corrected chi connectivity index (χ4v) is 0.348. The Labute approximate surface area is 52.8 Å². The van der Waals surface area contributed by atoms with E-state index in [1.165, 1.54) is 0 Å². The molecule has 0 aromatic heterocycles. The Morgan fingerprint density at radius 2 is 1.67 bits per heavy atom. The van der Waals surface area contributed by atoms with Crippen LogP contribution < -0.4 is 0 Å². The van der Waals surface area contributed by atoms with Crippen LogP contribution >= 0.6 is 0 Å². The molecule has 0 fully saturated rings. The molecule has 0 rings (SSSR count). The third kappa shape index (κ3) is 7.59. The van der Waals surface area contributed by atoms with Crippen LogP contribution in [0, 0.1) is 5.92 Å². The summed E-state index contributed by atoms with van der Waals surface area (Å²) in [4.78, 5) is 0. The van der Waals surface area contributed by atoms with Crippen LogP contribution in [0.15, 0.2) is 12.1 Å². The highest BCUT2D eigenvalue weighted by Crippen LogP contribution is 2.10. The van der Waals surface area contributed by atoms with Crippen LogP contribution in [-0.4, -0.2) is 6.98 Å². The minimum atomic E-state index is -4.71. The van der Waals surface area contributed by atoms with Crippen LogP contribution in [-0.2, 0) is 0 Å². The van der Waals surface area contributed by atoms with Crippen molar-refractivity contribution in [1.29, 1.82) is 0 Å². The summed E-state index contributed by atoms with van der Waals surface area (Å²) in [6, 6.07) is 0. The molecule has 0 aliphatic carbocycles. The Balaban J connectivity index is 3.71. The Bertz CT molecular complexity index is 103. The van der Waals surface area contributed by atoms with Crippen molar-refractivity contribution in [3.05, 3.63) is 12.1 Å². The van der Waals surface area contributed by atoms with E-state index in [9.17, 15) is 12.9 Å². The van der Waals surface area contributed by atoms with Crippen molar-refractivity contribution in [2.45, 2.75) is 13.8 Å². The van der Waals surface area contributed by atoms with Crippen molar-refractivity contribution < 1.29 is 12.9 Å². The third-order valence-corrected chi connectivity index (χ3v) is 0.714. The smallest absolute Gasteiger partial charge is 0.445 e. The van der Waals surface area contributed by atoms with Crippen molar-refractivity contribution >= 4 is 6.98 Å². The minimum Gasteiger partial charge on any atom is -0.445 e. The van der Waals surface area contributed by atoms with Gasteiger partial charge in [0.1, 0.15) is 0 Å². The standard InChI is InChI=1S/C5H9BF3/c1-5(2)3-4-6(7,8)9/h3-5H,1-2H3/q-1/b4-3+. The monoisotopic (exact) mass is 137 g/mol. The molecule has 0 aliphatic rings. The van der Waals surface area contributed by atoms with Crippen molar-refractivity contribution in [2.75, 3.05) is 0 Å². The highest BCUT2D eigenvalue weighted by atomic mass is 19.4. The second-order valence-corrected chi connectivity index (χ2v) is 2.25. The first-order chi connectivity index (χ1) is 3.92. The lowest BCUT2D eigenvalue weighted by Gasteiger charge is -2.06. The minimum absolute atomic E-state index is 0.0199. The molecule has 0 heterocycles. The zero-order valence-electron chi connectivity index (χ0n) is 5.44. The number of hydrogen-bond donors (Lipinski definition) is 0. The normalized spacial score (nSPS) is 13.6. The molecule has 0 nitrogen and oxygen atoms in total. The molecular formula is C5H9BF3-. The second kappa shape index (κ2) is 2.94. The number of rotatable bonds is 2. The summed E-state index contributed by atoms with van der Waals surface area (Å²) in [5.74, 6) is 0.304. The van der Waals surface area contributed by atoms with Gasteiger partial charge in [-0.3, -0.25) is 0 Å². The average molecular weight is 137 g/mol. The Kier molecular flexibility index (Phi) is 2.81. The quantitative estimate of drug-likeness (QED) is 0.513. The van der Waals surface area contributed by atoms with Crippen molar-refractivity contribution in [1.82, 2.24) is 0 Å². The largest absolute Gasteiger partial charge is 0.502 e. The van der Waals surface area contributed by atoms with E-state index in [4.69, 9.17) is 0 Å². The maximum atomic E-state index is 11.4. The summed E-state index contributed by atoms with van der Waals surface area (Å²) in [7, 11) is 0. The first-order valence-electron chi connectivity index (χ1n) is 2.81. The van der Waals surface area contributed by atoms with E-state index in [-0.39, 0.29) is 5.92 Å². The van der Waals surface area contributed by atoms with Gasteiger partial charge in [-0.05, 0) is 5.92 Å². The predicted molar refractivity (Wildman–Crippen MR) is 33.1 cm³/mol. The van der Waals surface area contributed by atoms with Crippen LogP contribution in [0.4, 0.5) is 12.9 Å². The molecular weight excluding hydrogens is 128 g/mol. The lowest BCUT2D eigenvalue weighted by molar-refractivity contribution is 0.497. The summed E-state index contributed by atoms with van der Waals surface area (Å²) < 4.78 is 34.2. The molecule has 54 valence electrons. The van der Waals surface area contributed by atoms with Gasteiger partial charge in [-0.2, -0.15) is 0 Å². The molecule has 0 aliphatic heterocycles. The fourth-order valence-electron chi connectivity index (χ4n) is 0.348. The van der Waals surface area contributed by atoms with Gasteiger partial charge in [0.05, 0.1) is 0 Å². The summed E-state index contributed by atoms with van der Waals surface area (Å²) in [5, 5.41) is 0. The Morgan fingerprint density at radius 1 is 1.22 bits per heavy atom. The summed E-state index contributed by atoms with van der Waals surface area (Å²) in [5.41, 5.74) is 0. The van der Waals surface area contributed by atoms with E-state index in [0.29, 0.717) is 5.98 Å². The zero-order valence-corrected chi connectivity index (χ0v) is 5.44. The van der Waals surface area contributed by atoms with E-state index in [0.717, 1.165) is 6.08 Å². The van der Waals surface area contributed by atoms with Gasteiger partial charge in [0.2, 0.25) is 0 Å². The van der Waals surface area contributed by atoms with Crippen molar-refractivity contribution in [2.24, 2.45) is 5.92 Å². The van der Waals surface area contributed by atoms with Gasteiger partial charge in [0, 0.05) is 0 Å². The molecule has 0 atom stereocenters. The maximum Gasteiger partial charge on any atom is 0.502 e. The lowest BCUT2D eigenvalue weighted by atomic mass is 9.90. The van der Waals surface area contributed by atoms with Crippen LogP contribution in [0.2, 0.25) is 0 Å². The molecule has 0 saturated carbocycles. The van der Waals surface area contributed by atoms with Gasteiger partial charge < -0.3 is 12.9 Å². The van der Waals surface area contributed by atoms with E-state index in [2.05, 4.69) is 0 Å². The highest BCUT2D eigenvalue weighted by molar-refractivity contribution is 6.64. The van der Waals surface area contributed by atoms with Crippen LogP contribution in [0.5, 0.6) is 0 Å². The fraction of sp³-hybridized carbons (Fsp3) is 0.600. The number of hydrogen-bond acceptors (Lipinski definition) is 0. The van der Waals surface area contributed by atoms with Gasteiger partial charge in [0.25, 0.3) is 0 Å². The Morgan fingerprint density at radius 3 is 1.78 bits per heavy atom. The summed E-state index contributed by atoms with van der Waals surface area (Å²) in [6.45, 7) is -1.30. The van der Waals surface area contributed by atoms with E-state index < -0.39 is 6.98 Å². The molecule has 0 unspecified atom stereocenters. The summed E-state index contributed by atoms with van der Waals surface area (Å²) in [6.07, 6.45) is 1.15. The Hall–Kier alpha value is -0.405. The lowest BCUT2D eigenvalue weighted by Crippen LogP contribution is -2.10. The molecule has 0 spiro atoms. The van der Waals surface area contributed by atoms with Crippen molar-refractivity contribution in [3.8, 4) is 0 Å². The molecule has 0 aromatic rings. The second-order valence-electron chi connectivity index (χ2n) is 2.25. The predicted octanol–water partition coefficient (Wildman–Crippen LogP) is 2.59. The molecule has 0 radical (unpaired) electrons. The first-order valence-corrected chi connectivity index (χ1v) is 2.81. The van der Waals surface area contributed by atoms with Crippen LogP contribution in [0.25, 0.3) is 0 Å². The topological polar surface area (TPSA) is 0 Å². The molecule has 0 bridgehead atoms. The molecule has 0 saturated heterocycles. The first kappa shape index (κ1) is 8.59. The van der Waals surface area contributed by atoms with E-state index in [1.54, 1.807) is 13.8 Å². The zero-order chi connectivity index (χ0) is 7.49. The average Bonchev–Trinajstić information content (AvgIpc) is 1.59. The van der Waals surface area contributed by atoms with Gasteiger partial charge in [-0.25, -0.2) is 0 Å². The molecule has 9 heavy (non-hydrogen) atoms. The summed E-state index contributed by atoms with van der Waals surface area (Å²) >= 11 is 0.